The molecule has 1 fully saturated rings. The van der Waals surface area contributed by atoms with Gasteiger partial charge in [0.05, 0.1) is 17.2 Å². The van der Waals surface area contributed by atoms with Crippen LogP contribution in [0.25, 0.3) is 0 Å². The number of nitrogens with one attached hydrogen (secondary N) is 1. The second-order valence-corrected chi connectivity index (χ2v) is 6.04. The van der Waals surface area contributed by atoms with Crippen LogP contribution < -0.4 is 5.32 Å². The Morgan fingerprint density at radius 2 is 2.26 bits per heavy atom. The summed E-state index contributed by atoms with van der Waals surface area (Å²) < 4.78 is 18.8. The van der Waals surface area contributed by atoms with Crippen LogP contribution in [0.5, 0.6) is 0 Å². The van der Waals surface area contributed by atoms with Gasteiger partial charge in [-0.05, 0) is 18.6 Å². The zero-order chi connectivity index (χ0) is 17.0. The molecule has 0 saturated carbocycles. The first kappa shape index (κ1) is 17.7. The minimum absolute atomic E-state index is 0.00921. The van der Waals surface area contributed by atoms with Crippen LogP contribution in [0.2, 0.25) is 5.02 Å². The molecule has 5 nitrogen and oxygen atoms in total. The van der Waals surface area contributed by atoms with Crippen molar-refractivity contribution < 1.29 is 18.7 Å². The highest BCUT2D eigenvalue weighted by molar-refractivity contribution is 6.34. The van der Waals surface area contributed by atoms with E-state index in [1.165, 1.54) is 12.1 Å². The molecule has 0 bridgehead atoms. The van der Waals surface area contributed by atoms with Crippen molar-refractivity contribution in [2.75, 3.05) is 33.4 Å². The van der Waals surface area contributed by atoms with Gasteiger partial charge in [-0.2, -0.15) is 0 Å². The molecule has 0 aliphatic carbocycles. The molecule has 1 atom stereocenters. The van der Waals surface area contributed by atoms with Gasteiger partial charge in [0.1, 0.15) is 5.82 Å². The number of amides is 2. The summed E-state index contributed by atoms with van der Waals surface area (Å²) in [5.74, 6) is -1.16. The number of hydrogen-bond donors (Lipinski definition) is 1. The summed E-state index contributed by atoms with van der Waals surface area (Å²) in [5.41, 5.74) is 0.493. The van der Waals surface area contributed by atoms with Gasteiger partial charge in [-0.1, -0.05) is 17.7 Å². The number of likely N-dealkylation sites (tertiary alicyclic amines) is 1. The highest BCUT2D eigenvalue weighted by Crippen LogP contribution is 2.23. The van der Waals surface area contributed by atoms with E-state index in [9.17, 15) is 14.0 Å². The molecule has 0 radical (unpaired) electrons. The molecule has 1 aromatic carbocycles. The van der Waals surface area contributed by atoms with Gasteiger partial charge in [-0.3, -0.25) is 9.59 Å². The predicted molar refractivity (Wildman–Crippen MR) is 85.0 cm³/mol. The Morgan fingerprint density at radius 1 is 1.52 bits per heavy atom. The lowest BCUT2D eigenvalue weighted by Gasteiger charge is -2.16. The van der Waals surface area contributed by atoms with Crippen molar-refractivity contribution in [2.45, 2.75) is 13.3 Å². The van der Waals surface area contributed by atoms with Crippen LogP contribution in [-0.4, -0.2) is 50.1 Å². The van der Waals surface area contributed by atoms with E-state index in [1.54, 1.807) is 18.9 Å². The molecule has 2 rings (SSSR count). The normalized spacial score (nSPS) is 17.7. The smallest absolute Gasteiger partial charge is 0.255 e. The van der Waals surface area contributed by atoms with Crippen molar-refractivity contribution in [3.8, 4) is 0 Å². The number of methoxy groups -OCH3 is 1. The first-order valence-corrected chi connectivity index (χ1v) is 7.81. The van der Waals surface area contributed by atoms with E-state index in [1.807, 2.05) is 0 Å². The molecule has 0 spiro atoms. The van der Waals surface area contributed by atoms with E-state index in [0.717, 1.165) is 0 Å². The maximum Gasteiger partial charge on any atom is 0.255 e. The molecule has 1 aliphatic heterocycles. The monoisotopic (exact) mass is 342 g/mol. The highest BCUT2D eigenvalue weighted by atomic mass is 35.5. The summed E-state index contributed by atoms with van der Waals surface area (Å²) >= 11 is 6.02. The van der Waals surface area contributed by atoms with E-state index >= 15 is 0 Å². The Kier molecular flexibility index (Phi) is 5.96. The molecule has 7 heteroatoms. The van der Waals surface area contributed by atoms with E-state index in [4.69, 9.17) is 16.3 Å². The van der Waals surface area contributed by atoms with Gasteiger partial charge in [0.25, 0.3) is 5.91 Å². The van der Waals surface area contributed by atoms with Crippen molar-refractivity contribution in [1.29, 1.82) is 0 Å². The summed E-state index contributed by atoms with van der Waals surface area (Å²) in [4.78, 5) is 25.7. The Labute approximate surface area is 139 Å². The summed E-state index contributed by atoms with van der Waals surface area (Å²) in [7, 11) is 1.58. The van der Waals surface area contributed by atoms with Crippen molar-refractivity contribution in [3.63, 3.8) is 0 Å². The second kappa shape index (κ2) is 7.75. The lowest BCUT2D eigenvalue weighted by Crippen LogP contribution is -2.33. The van der Waals surface area contributed by atoms with Gasteiger partial charge in [-0.25, -0.2) is 4.39 Å². The summed E-state index contributed by atoms with van der Waals surface area (Å²) in [6.45, 7) is 3.60. The predicted octanol–water partition coefficient (Wildman–Crippen LogP) is 2.01. The maximum absolute atomic E-state index is 13.8. The standard InChI is InChI=1S/C16H20ClFN2O3/c1-10-3-4-12(18)14(15(10)17)16(22)19-8-11-7-13(21)20(9-11)5-6-23-2/h3-4,11H,5-9H2,1-2H3,(H,19,22). The van der Waals surface area contributed by atoms with Crippen LogP contribution in [0.3, 0.4) is 0 Å². The van der Waals surface area contributed by atoms with E-state index in [2.05, 4.69) is 5.32 Å². The number of ether oxygens (including phenoxy) is 1. The number of rotatable bonds is 6. The number of hydrogen-bond acceptors (Lipinski definition) is 3. The molecule has 1 aliphatic rings. The lowest BCUT2D eigenvalue weighted by atomic mass is 10.1. The topological polar surface area (TPSA) is 58.6 Å². The fourth-order valence-electron chi connectivity index (χ4n) is 2.60. The van der Waals surface area contributed by atoms with E-state index in [0.29, 0.717) is 38.2 Å². The maximum atomic E-state index is 13.8. The van der Waals surface area contributed by atoms with E-state index in [-0.39, 0.29) is 22.4 Å². The summed E-state index contributed by atoms with van der Waals surface area (Å²) in [5, 5.41) is 2.79. The number of carbonyl (C=O) groups excluding carboxylic acids is 2. The first-order valence-electron chi connectivity index (χ1n) is 7.43. The van der Waals surface area contributed by atoms with Gasteiger partial charge in [0.15, 0.2) is 0 Å². The average molecular weight is 343 g/mol. The largest absolute Gasteiger partial charge is 0.383 e. The average Bonchev–Trinajstić information content (AvgIpc) is 2.87. The lowest BCUT2D eigenvalue weighted by molar-refractivity contribution is -0.128. The third-order valence-corrected chi connectivity index (χ3v) is 4.41. The van der Waals surface area contributed by atoms with Crippen molar-refractivity contribution in [1.82, 2.24) is 10.2 Å². The molecule has 126 valence electrons. The number of nitrogens with zero attached hydrogens (tertiary/aromatic N) is 1. The van der Waals surface area contributed by atoms with Crippen LogP contribution in [0.4, 0.5) is 4.39 Å². The summed E-state index contributed by atoms with van der Waals surface area (Å²) in [6.07, 6.45) is 0.369. The fraction of sp³-hybridized carbons (Fsp3) is 0.500. The molecular weight excluding hydrogens is 323 g/mol. The molecule has 1 heterocycles. The van der Waals surface area contributed by atoms with Crippen LogP contribution in [-0.2, 0) is 9.53 Å². The zero-order valence-corrected chi connectivity index (χ0v) is 14.0. The quantitative estimate of drug-likeness (QED) is 0.860. The number of carbonyl (C=O) groups is 2. The van der Waals surface area contributed by atoms with Crippen LogP contribution >= 0.6 is 11.6 Å². The Balaban J connectivity index is 1.93. The van der Waals surface area contributed by atoms with Crippen molar-refractivity contribution in [3.05, 3.63) is 34.1 Å². The first-order chi connectivity index (χ1) is 10.9. The van der Waals surface area contributed by atoms with Crippen molar-refractivity contribution in [2.24, 2.45) is 5.92 Å². The van der Waals surface area contributed by atoms with Crippen LogP contribution in [0.15, 0.2) is 12.1 Å². The number of halogens is 2. The van der Waals surface area contributed by atoms with Gasteiger partial charge < -0.3 is 15.0 Å². The van der Waals surface area contributed by atoms with Gasteiger partial charge in [-0.15, -0.1) is 0 Å². The minimum atomic E-state index is -0.651. The Morgan fingerprint density at radius 3 is 2.96 bits per heavy atom. The molecule has 23 heavy (non-hydrogen) atoms. The highest BCUT2D eigenvalue weighted by Gasteiger charge is 2.29. The molecule has 2 amide bonds. The van der Waals surface area contributed by atoms with Crippen LogP contribution in [0, 0.1) is 18.7 Å². The summed E-state index contributed by atoms with van der Waals surface area (Å²) in [6, 6.07) is 2.75. The molecule has 1 N–H and O–H groups in total. The molecule has 1 aromatic rings. The minimum Gasteiger partial charge on any atom is -0.383 e. The second-order valence-electron chi connectivity index (χ2n) is 5.67. The zero-order valence-electron chi connectivity index (χ0n) is 13.2. The third kappa shape index (κ3) is 4.20. The third-order valence-electron chi connectivity index (χ3n) is 3.92. The van der Waals surface area contributed by atoms with Crippen molar-refractivity contribution >= 4 is 23.4 Å². The van der Waals surface area contributed by atoms with E-state index < -0.39 is 11.7 Å². The fourth-order valence-corrected chi connectivity index (χ4v) is 2.84. The molecule has 0 aromatic heterocycles. The number of benzene rings is 1. The molecular formula is C16H20ClFN2O3. The Hall–Kier alpha value is -1.66. The van der Waals surface area contributed by atoms with Gasteiger partial charge in [0, 0.05) is 39.1 Å². The molecule has 1 unspecified atom stereocenters. The van der Waals surface area contributed by atoms with Gasteiger partial charge in [0.2, 0.25) is 5.91 Å². The Bertz CT molecular complexity index is 609. The molecule has 1 saturated heterocycles. The van der Waals surface area contributed by atoms with Gasteiger partial charge >= 0.3 is 0 Å². The van der Waals surface area contributed by atoms with Crippen LogP contribution in [0.1, 0.15) is 22.3 Å². The number of aryl methyl sites for hydroxylation is 1. The SMILES string of the molecule is COCCN1CC(CNC(=O)c2c(F)ccc(C)c2Cl)CC1=O.